The van der Waals surface area contributed by atoms with Crippen molar-refractivity contribution in [2.24, 2.45) is 18.4 Å². The van der Waals surface area contributed by atoms with Gasteiger partial charge in [0.15, 0.2) is 0 Å². The predicted molar refractivity (Wildman–Crippen MR) is 114 cm³/mol. The third-order valence-corrected chi connectivity index (χ3v) is 7.18. The molecule has 2 saturated heterocycles. The van der Waals surface area contributed by atoms with Crippen LogP contribution in [-0.2, 0) is 16.6 Å². The van der Waals surface area contributed by atoms with Gasteiger partial charge >= 0.3 is 6.09 Å². The molecule has 0 radical (unpaired) electrons. The van der Waals surface area contributed by atoms with Crippen LogP contribution in [0.2, 0.25) is 0 Å². The van der Waals surface area contributed by atoms with Gasteiger partial charge in [-0.15, -0.1) is 0 Å². The molecule has 0 bridgehead atoms. The highest BCUT2D eigenvalue weighted by Gasteiger charge is 2.55. The van der Waals surface area contributed by atoms with Gasteiger partial charge in [0.2, 0.25) is 5.91 Å². The molecule has 1 aliphatic carbocycles. The van der Waals surface area contributed by atoms with Gasteiger partial charge in [0.25, 0.3) is 0 Å². The molecule has 7 nitrogen and oxygen atoms in total. The Morgan fingerprint density at radius 1 is 1.13 bits per heavy atom. The summed E-state index contributed by atoms with van der Waals surface area (Å²) in [6.45, 7) is 8.41. The molecule has 0 spiro atoms. The molecule has 3 aliphatic rings. The summed E-state index contributed by atoms with van der Waals surface area (Å²) in [6.07, 6.45) is 9.85. The number of carbonyl (C=O) groups is 2. The standard InChI is InChI=1S/C23H36N4O3/c1-22(2,3)30-21(29)27-15-19-7-5-6-10-23(19,16-27)20(28)26-11-8-17(9-12-26)18-13-24-25(4)14-18/h13-14,17,19H,5-12,15-16H2,1-4H3/t19-,23+/m0/s1. The SMILES string of the molecule is Cn1cc(C2CCN(C(=O)[C@@]34CCCC[C@H]3CN(C(=O)OC(C)(C)C)C4)CC2)cn1. The van der Waals surface area contributed by atoms with E-state index in [1.165, 1.54) is 5.56 Å². The second kappa shape index (κ2) is 7.89. The summed E-state index contributed by atoms with van der Waals surface area (Å²) in [5.41, 5.74) is 0.335. The van der Waals surface area contributed by atoms with E-state index in [4.69, 9.17) is 4.74 Å². The fourth-order valence-corrected chi connectivity index (χ4v) is 5.65. The van der Waals surface area contributed by atoms with E-state index in [0.29, 0.717) is 19.0 Å². The summed E-state index contributed by atoms with van der Waals surface area (Å²) in [5, 5.41) is 4.30. The number of aromatic nitrogens is 2. The zero-order chi connectivity index (χ0) is 21.5. The first kappa shape index (κ1) is 21.2. The predicted octanol–water partition coefficient (Wildman–Crippen LogP) is 3.55. The Morgan fingerprint density at radius 2 is 1.87 bits per heavy atom. The van der Waals surface area contributed by atoms with Crippen LogP contribution in [0.3, 0.4) is 0 Å². The van der Waals surface area contributed by atoms with Gasteiger partial charge in [0.1, 0.15) is 5.60 Å². The van der Waals surface area contributed by atoms with E-state index in [1.54, 1.807) is 4.90 Å². The highest BCUT2D eigenvalue weighted by Crippen LogP contribution is 2.48. The van der Waals surface area contributed by atoms with Gasteiger partial charge in [-0.05, 0) is 63.9 Å². The summed E-state index contributed by atoms with van der Waals surface area (Å²) in [6, 6.07) is 0. The maximum atomic E-state index is 13.8. The smallest absolute Gasteiger partial charge is 0.410 e. The number of piperidine rings is 1. The van der Waals surface area contributed by atoms with Crippen LogP contribution < -0.4 is 0 Å². The van der Waals surface area contributed by atoms with Crippen molar-refractivity contribution in [3.8, 4) is 0 Å². The first-order valence-corrected chi connectivity index (χ1v) is 11.4. The van der Waals surface area contributed by atoms with E-state index >= 15 is 0 Å². The zero-order valence-electron chi connectivity index (χ0n) is 18.9. The number of hydrogen-bond donors (Lipinski definition) is 0. The molecule has 7 heteroatoms. The highest BCUT2D eigenvalue weighted by atomic mass is 16.6. The highest BCUT2D eigenvalue weighted by molar-refractivity contribution is 5.85. The molecule has 166 valence electrons. The van der Waals surface area contributed by atoms with E-state index < -0.39 is 11.0 Å². The van der Waals surface area contributed by atoms with Gasteiger partial charge in [-0.1, -0.05) is 12.8 Å². The second-order valence-corrected chi connectivity index (χ2v) is 10.5. The van der Waals surface area contributed by atoms with Gasteiger partial charge in [-0.2, -0.15) is 5.10 Å². The molecule has 4 rings (SSSR count). The van der Waals surface area contributed by atoms with Crippen LogP contribution in [0.25, 0.3) is 0 Å². The number of ether oxygens (including phenoxy) is 1. The van der Waals surface area contributed by atoms with Crippen LogP contribution >= 0.6 is 0 Å². The third kappa shape index (κ3) is 4.08. The van der Waals surface area contributed by atoms with Crippen molar-refractivity contribution in [1.29, 1.82) is 0 Å². The molecule has 2 aliphatic heterocycles. The molecule has 2 amide bonds. The molecule has 0 unspecified atom stereocenters. The fraction of sp³-hybridized carbons (Fsp3) is 0.783. The lowest BCUT2D eigenvalue weighted by Crippen LogP contribution is -2.52. The van der Waals surface area contributed by atoms with Gasteiger partial charge in [0, 0.05) is 39.4 Å². The zero-order valence-corrected chi connectivity index (χ0v) is 18.9. The van der Waals surface area contributed by atoms with Crippen LogP contribution in [-0.4, -0.2) is 63.4 Å². The van der Waals surface area contributed by atoms with Gasteiger partial charge < -0.3 is 14.5 Å². The average molecular weight is 417 g/mol. The van der Waals surface area contributed by atoms with Gasteiger partial charge in [-0.3, -0.25) is 9.48 Å². The average Bonchev–Trinajstić information content (AvgIpc) is 3.31. The summed E-state index contributed by atoms with van der Waals surface area (Å²) >= 11 is 0. The summed E-state index contributed by atoms with van der Waals surface area (Å²) in [7, 11) is 1.95. The van der Waals surface area contributed by atoms with Crippen LogP contribution in [0.15, 0.2) is 12.4 Å². The summed E-state index contributed by atoms with van der Waals surface area (Å²) < 4.78 is 7.47. The molecule has 30 heavy (non-hydrogen) atoms. The second-order valence-electron chi connectivity index (χ2n) is 10.5. The van der Waals surface area contributed by atoms with Crippen molar-refractivity contribution >= 4 is 12.0 Å². The van der Waals surface area contributed by atoms with Crippen molar-refractivity contribution in [2.45, 2.75) is 70.8 Å². The number of nitrogens with zero attached hydrogens (tertiary/aromatic N) is 4. The van der Waals surface area contributed by atoms with Crippen LogP contribution in [0, 0.1) is 11.3 Å². The van der Waals surface area contributed by atoms with Crippen molar-refractivity contribution in [1.82, 2.24) is 19.6 Å². The van der Waals surface area contributed by atoms with Crippen LogP contribution in [0.5, 0.6) is 0 Å². The molecule has 3 fully saturated rings. The molecular weight excluding hydrogens is 380 g/mol. The minimum absolute atomic E-state index is 0.252. The van der Waals surface area contributed by atoms with E-state index in [1.807, 2.05) is 38.7 Å². The Morgan fingerprint density at radius 3 is 2.50 bits per heavy atom. The number of fused-ring (bicyclic) bond motifs is 1. The topological polar surface area (TPSA) is 67.7 Å². The number of carbonyl (C=O) groups excluding carboxylic acids is 2. The maximum Gasteiger partial charge on any atom is 0.410 e. The monoisotopic (exact) mass is 416 g/mol. The Kier molecular flexibility index (Phi) is 5.58. The molecule has 0 N–H and O–H groups in total. The maximum absolute atomic E-state index is 13.8. The molecule has 2 atom stereocenters. The first-order chi connectivity index (χ1) is 14.2. The molecule has 3 heterocycles. The molecule has 1 aromatic heterocycles. The number of aryl methyl sites for hydroxylation is 1. The molecule has 1 aromatic rings. The van der Waals surface area contributed by atoms with Crippen molar-refractivity contribution in [3.05, 3.63) is 18.0 Å². The number of likely N-dealkylation sites (tertiary alicyclic amines) is 2. The normalized spacial score (nSPS) is 27.8. The number of hydrogen-bond acceptors (Lipinski definition) is 4. The van der Waals surface area contributed by atoms with Crippen molar-refractivity contribution < 1.29 is 14.3 Å². The Bertz CT molecular complexity index is 791. The van der Waals surface area contributed by atoms with Crippen LogP contribution in [0.1, 0.15) is 70.8 Å². The van der Waals surface area contributed by atoms with E-state index in [2.05, 4.69) is 16.2 Å². The van der Waals surface area contributed by atoms with E-state index in [9.17, 15) is 9.59 Å². The lowest BCUT2D eigenvalue weighted by molar-refractivity contribution is -0.146. The molecule has 1 saturated carbocycles. The van der Waals surface area contributed by atoms with E-state index in [-0.39, 0.29) is 17.9 Å². The van der Waals surface area contributed by atoms with Gasteiger partial charge in [-0.25, -0.2) is 4.79 Å². The van der Waals surface area contributed by atoms with Crippen molar-refractivity contribution in [2.75, 3.05) is 26.2 Å². The first-order valence-electron chi connectivity index (χ1n) is 11.4. The molecule has 0 aromatic carbocycles. The van der Waals surface area contributed by atoms with Crippen LogP contribution in [0.4, 0.5) is 4.79 Å². The largest absolute Gasteiger partial charge is 0.444 e. The Balaban J connectivity index is 1.44. The van der Waals surface area contributed by atoms with Crippen molar-refractivity contribution in [3.63, 3.8) is 0 Å². The Hall–Kier alpha value is -2.05. The number of amides is 2. The minimum atomic E-state index is -0.518. The quantitative estimate of drug-likeness (QED) is 0.739. The fourth-order valence-electron chi connectivity index (χ4n) is 5.65. The number of rotatable bonds is 2. The Labute approximate surface area is 179 Å². The molecular formula is C23H36N4O3. The van der Waals surface area contributed by atoms with E-state index in [0.717, 1.165) is 51.6 Å². The van der Waals surface area contributed by atoms with Gasteiger partial charge in [0.05, 0.1) is 11.6 Å². The summed E-state index contributed by atoms with van der Waals surface area (Å²) in [4.78, 5) is 30.4. The minimum Gasteiger partial charge on any atom is -0.444 e. The summed E-state index contributed by atoms with van der Waals surface area (Å²) in [5.74, 6) is 0.995. The lowest BCUT2D eigenvalue weighted by Gasteiger charge is -2.42. The lowest BCUT2D eigenvalue weighted by atomic mass is 9.67. The third-order valence-electron chi connectivity index (χ3n) is 7.18.